The Hall–Kier alpha value is -1.80. The first-order valence-corrected chi connectivity index (χ1v) is 8.42. The van der Waals surface area contributed by atoms with E-state index in [1.807, 2.05) is 16.3 Å². The van der Waals surface area contributed by atoms with Crippen LogP contribution in [0.15, 0.2) is 18.2 Å². The minimum atomic E-state index is -4.37. The molecule has 0 atom stereocenters. The minimum Gasteiger partial charge on any atom is -0.493 e. The molecule has 1 aromatic carbocycles. The fourth-order valence-corrected chi connectivity index (χ4v) is 3.16. The molecule has 1 amide bonds. The lowest BCUT2D eigenvalue weighted by molar-refractivity contribution is -0.139. The molecule has 0 radical (unpaired) electrons. The standard InChI is InChI=1S/C17H22F3N3O2/c18-17(19,20)12-21-16(24)11-23-6-4-22(5-7-23)10-13-1-2-15-14(9-13)3-8-25-15/h1-2,9H,3-8,10-12H2,(H,21,24). The highest BCUT2D eigenvalue weighted by atomic mass is 19.4. The van der Waals surface area contributed by atoms with Crippen LogP contribution in [0.25, 0.3) is 0 Å². The summed E-state index contributed by atoms with van der Waals surface area (Å²) in [5.74, 6) is 0.392. The maximum Gasteiger partial charge on any atom is 0.405 e. The first kappa shape index (κ1) is 18.0. The Morgan fingerprint density at radius 2 is 1.88 bits per heavy atom. The monoisotopic (exact) mass is 357 g/mol. The van der Waals surface area contributed by atoms with Gasteiger partial charge in [-0.1, -0.05) is 12.1 Å². The number of hydrogen-bond donors (Lipinski definition) is 1. The smallest absolute Gasteiger partial charge is 0.405 e. The molecule has 0 saturated carbocycles. The zero-order chi connectivity index (χ0) is 17.9. The molecule has 1 saturated heterocycles. The number of halogens is 3. The average Bonchev–Trinajstić information content (AvgIpc) is 3.02. The van der Waals surface area contributed by atoms with Gasteiger partial charge in [0.15, 0.2) is 0 Å². The van der Waals surface area contributed by atoms with E-state index in [9.17, 15) is 18.0 Å². The van der Waals surface area contributed by atoms with Crippen molar-refractivity contribution in [3.8, 4) is 5.75 Å². The predicted molar refractivity (Wildman–Crippen MR) is 86.4 cm³/mol. The lowest BCUT2D eigenvalue weighted by atomic mass is 10.1. The van der Waals surface area contributed by atoms with Crippen LogP contribution in [0.1, 0.15) is 11.1 Å². The van der Waals surface area contributed by atoms with Crippen molar-refractivity contribution in [3.63, 3.8) is 0 Å². The Balaban J connectivity index is 1.40. The number of ether oxygens (including phenoxy) is 1. The summed E-state index contributed by atoms with van der Waals surface area (Å²) in [5.41, 5.74) is 2.48. The Morgan fingerprint density at radius 3 is 2.60 bits per heavy atom. The van der Waals surface area contributed by atoms with Crippen LogP contribution in [-0.4, -0.2) is 67.8 Å². The Morgan fingerprint density at radius 1 is 1.16 bits per heavy atom. The second-order valence-electron chi connectivity index (χ2n) is 6.48. The number of piperazine rings is 1. The van der Waals surface area contributed by atoms with E-state index in [0.29, 0.717) is 13.1 Å². The largest absolute Gasteiger partial charge is 0.493 e. The highest BCUT2D eigenvalue weighted by Gasteiger charge is 2.28. The molecule has 0 aromatic heterocycles. The van der Waals surface area contributed by atoms with Crippen molar-refractivity contribution in [1.82, 2.24) is 15.1 Å². The van der Waals surface area contributed by atoms with Gasteiger partial charge in [0.2, 0.25) is 5.91 Å². The molecule has 3 rings (SSSR count). The van der Waals surface area contributed by atoms with Crippen LogP contribution >= 0.6 is 0 Å². The van der Waals surface area contributed by atoms with Crippen molar-refractivity contribution in [2.75, 3.05) is 45.9 Å². The van der Waals surface area contributed by atoms with Crippen LogP contribution in [0.2, 0.25) is 0 Å². The summed E-state index contributed by atoms with van der Waals surface area (Å²) in [4.78, 5) is 15.7. The van der Waals surface area contributed by atoms with Gasteiger partial charge >= 0.3 is 6.18 Å². The molecule has 1 aromatic rings. The molecule has 1 N–H and O–H groups in total. The first-order valence-electron chi connectivity index (χ1n) is 8.42. The third kappa shape index (κ3) is 5.34. The lowest BCUT2D eigenvalue weighted by Crippen LogP contribution is -2.49. The van der Waals surface area contributed by atoms with Gasteiger partial charge in [-0.2, -0.15) is 13.2 Å². The number of nitrogens with one attached hydrogen (secondary N) is 1. The summed E-state index contributed by atoms with van der Waals surface area (Å²) in [6, 6.07) is 6.26. The zero-order valence-corrected chi connectivity index (χ0v) is 13.9. The fourth-order valence-electron chi connectivity index (χ4n) is 3.16. The molecule has 0 unspecified atom stereocenters. The highest BCUT2D eigenvalue weighted by Crippen LogP contribution is 2.26. The van der Waals surface area contributed by atoms with Crippen molar-refractivity contribution >= 4 is 5.91 Å². The molecule has 0 bridgehead atoms. The number of rotatable bonds is 5. The molecule has 2 aliphatic rings. The van der Waals surface area contributed by atoms with Crippen LogP contribution < -0.4 is 10.1 Å². The summed E-state index contributed by atoms with van der Waals surface area (Å²) in [6.07, 6.45) is -3.42. The molecule has 2 heterocycles. The van der Waals surface area contributed by atoms with E-state index in [0.717, 1.165) is 38.4 Å². The van der Waals surface area contributed by atoms with Crippen LogP contribution in [-0.2, 0) is 17.8 Å². The maximum atomic E-state index is 12.1. The Bertz CT molecular complexity index is 614. The van der Waals surface area contributed by atoms with Crippen molar-refractivity contribution in [2.45, 2.75) is 19.1 Å². The third-order valence-corrected chi connectivity index (χ3v) is 4.48. The molecular formula is C17H22F3N3O2. The Labute approximate surface area is 144 Å². The predicted octanol–water partition coefficient (Wildman–Crippen LogP) is 1.42. The molecular weight excluding hydrogens is 335 g/mol. The molecule has 8 heteroatoms. The molecule has 1 fully saturated rings. The van der Waals surface area contributed by atoms with Gasteiger partial charge in [0.05, 0.1) is 13.2 Å². The second-order valence-corrected chi connectivity index (χ2v) is 6.48. The molecule has 0 spiro atoms. The summed E-state index contributed by atoms with van der Waals surface area (Å²) >= 11 is 0. The number of benzene rings is 1. The van der Waals surface area contributed by atoms with E-state index in [-0.39, 0.29) is 6.54 Å². The van der Waals surface area contributed by atoms with Crippen LogP contribution in [0.4, 0.5) is 13.2 Å². The molecule has 25 heavy (non-hydrogen) atoms. The van der Waals surface area contributed by atoms with Gasteiger partial charge in [0.25, 0.3) is 0 Å². The molecule has 138 valence electrons. The van der Waals surface area contributed by atoms with Gasteiger partial charge in [-0.15, -0.1) is 0 Å². The van der Waals surface area contributed by atoms with E-state index in [2.05, 4.69) is 17.0 Å². The lowest BCUT2D eigenvalue weighted by Gasteiger charge is -2.34. The van der Waals surface area contributed by atoms with E-state index >= 15 is 0 Å². The third-order valence-electron chi connectivity index (χ3n) is 4.48. The number of nitrogens with zero attached hydrogens (tertiary/aromatic N) is 2. The van der Waals surface area contributed by atoms with E-state index in [1.54, 1.807) is 0 Å². The molecule has 2 aliphatic heterocycles. The summed E-state index contributed by atoms with van der Waals surface area (Å²) in [6.45, 7) is 3.25. The zero-order valence-electron chi connectivity index (χ0n) is 13.9. The van der Waals surface area contributed by atoms with Gasteiger partial charge in [-0.25, -0.2) is 0 Å². The number of amides is 1. The van der Waals surface area contributed by atoms with Crippen LogP contribution in [0.5, 0.6) is 5.75 Å². The van der Waals surface area contributed by atoms with Crippen molar-refractivity contribution in [3.05, 3.63) is 29.3 Å². The summed E-state index contributed by atoms with van der Waals surface area (Å²) < 4.78 is 41.8. The van der Waals surface area contributed by atoms with E-state index in [1.165, 1.54) is 11.1 Å². The number of hydrogen-bond acceptors (Lipinski definition) is 4. The average molecular weight is 357 g/mol. The molecule has 5 nitrogen and oxygen atoms in total. The van der Waals surface area contributed by atoms with Gasteiger partial charge in [-0.3, -0.25) is 14.6 Å². The summed E-state index contributed by atoms with van der Waals surface area (Å²) in [5, 5.41) is 1.91. The first-order chi connectivity index (χ1) is 11.9. The Kier molecular flexibility index (Phi) is 5.48. The van der Waals surface area contributed by atoms with Crippen LogP contribution in [0.3, 0.4) is 0 Å². The molecule has 0 aliphatic carbocycles. The summed E-state index contributed by atoms with van der Waals surface area (Å²) in [7, 11) is 0. The number of carbonyl (C=O) groups is 1. The fraction of sp³-hybridized carbons (Fsp3) is 0.588. The van der Waals surface area contributed by atoms with Crippen LogP contribution in [0, 0.1) is 0 Å². The normalized spacial score (nSPS) is 18.7. The van der Waals surface area contributed by atoms with Gasteiger partial charge in [0, 0.05) is 39.1 Å². The van der Waals surface area contributed by atoms with Gasteiger partial charge in [-0.05, 0) is 17.2 Å². The van der Waals surface area contributed by atoms with Gasteiger partial charge < -0.3 is 10.1 Å². The second kappa shape index (κ2) is 7.61. The highest BCUT2D eigenvalue weighted by molar-refractivity contribution is 5.78. The van der Waals surface area contributed by atoms with Crippen molar-refractivity contribution < 1.29 is 22.7 Å². The van der Waals surface area contributed by atoms with E-state index < -0.39 is 18.6 Å². The van der Waals surface area contributed by atoms with Crippen molar-refractivity contribution in [1.29, 1.82) is 0 Å². The minimum absolute atomic E-state index is 0.0140. The number of fused-ring (bicyclic) bond motifs is 1. The van der Waals surface area contributed by atoms with Crippen molar-refractivity contribution in [2.24, 2.45) is 0 Å². The number of carbonyl (C=O) groups excluding carboxylic acids is 1. The number of alkyl halides is 3. The van der Waals surface area contributed by atoms with E-state index in [4.69, 9.17) is 4.74 Å². The van der Waals surface area contributed by atoms with Gasteiger partial charge in [0.1, 0.15) is 12.3 Å². The quantitative estimate of drug-likeness (QED) is 0.866. The topological polar surface area (TPSA) is 44.8 Å². The maximum absolute atomic E-state index is 12.1. The SMILES string of the molecule is O=C(CN1CCN(Cc2ccc3c(c2)CCO3)CC1)NCC(F)(F)F.